The van der Waals surface area contributed by atoms with Gasteiger partial charge in [-0.2, -0.15) is 5.26 Å². The van der Waals surface area contributed by atoms with Gasteiger partial charge in [0.2, 0.25) is 0 Å². The van der Waals surface area contributed by atoms with E-state index < -0.39 is 6.10 Å². The molecule has 0 saturated carbocycles. The summed E-state index contributed by atoms with van der Waals surface area (Å²) in [6.45, 7) is 1.90. The van der Waals surface area contributed by atoms with Crippen LogP contribution in [0.4, 0.5) is 5.69 Å². The standard InChI is InChI=1S/C23H22ClN3O/c24-21-8-2-7-20(13-21)23(28)16-26-10-11-27-22-9-3-6-19(14-22)18-5-1-4-17(12-18)15-25/h1-9,12-14,23,26-28H,10-11,16H2/t23-/m0/s1. The molecule has 1 atom stereocenters. The topological polar surface area (TPSA) is 68.1 Å². The largest absolute Gasteiger partial charge is 0.387 e. The number of nitrogens with zero attached hydrogens (tertiary/aromatic N) is 1. The molecule has 28 heavy (non-hydrogen) atoms. The quantitative estimate of drug-likeness (QED) is 0.490. The molecule has 0 amide bonds. The average molecular weight is 392 g/mol. The van der Waals surface area contributed by atoms with Crippen molar-refractivity contribution in [2.75, 3.05) is 25.0 Å². The summed E-state index contributed by atoms with van der Waals surface area (Å²) >= 11 is 5.96. The molecule has 0 saturated heterocycles. The molecule has 4 nitrogen and oxygen atoms in total. The molecule has 5 heteroatoms. The molecule has 3 N–H and O–H groups in total. The number of rotatable bonds is 8. The maximum atomic E-state index is 10.2. The van der Waals surface area contributed by atoms with E-state index >= 15 is 0 Å². The van der Waals surface area contributed by atoms with E-state index in [2.05, 4.69) is 22.8 Å². The first-order valence-corrected chi connectivity index (χ1v) is 9.52. The number of aliphatic hydroxyl groups excluding tert-OH is 1. The van der Waals surface area contributed by atoms with Crippen LogP contribution < -0.4 is 10.6 Å². The molecule has 3 aromatic carbocycles. The SMILES string of the molecule is N#Cc1cccc(-c2cccc(NCCNC[C@H](O)c3cccc(Cl)c3)c2)c1. The summed E-state index contributed by atoms with van der Waals surface area (Å²) in [7, 11) is 0. The molecule has 3 aromatic rings. The Morgan fingerprint density at radius 1 is 0.929 bits per heavy atom. The minimum atomic E-state index is -0.588. The van der Waals surface area contributed by atoms with Crippen LogP contribution in [-0.4, -0.2) is 24.7 Å². The van der Waals surface area contributed by atoms with Crippen molar-refractivity contribution in [2.24, 2.45) is 0 Å². The van der Waals surface area contributed by atoms with Crippen LogP contribution in [0.15, 0.2) is 72.8 Å². The first kappa shape index (κ1) is 19.9. The van der Waals surface area contributed by atoms with E-state index in [0.717, 1.165) is 28.9 Å². The summed E-state index contributed by atoms with van der Waals surface area (Å²) < 4.78 is 0. The lowest BCUT2D eigenvalue weighted by Crippen LogP contribution is -2.26. The van der Waals surface area contributed by atoms with Crippen LogP contribution in [0.1, 0.15) is 17.2 Å². The lowest BCUT2D eigenvalue weighted by molar-refractivity contribution is 0.175. The smallest absolute Gasteiger partial charge is 0.0991 e. The van der Waals surface area contributed by atoms with Gasteiger partial charge in [-0.3, -0.25) is 0 Å². The van der Waals surface area contributed by atoms with E-state index in [4.69, 9.17) is 16.9 Å². The zero-order chi connectivity index (χ0) is 19.8. The maximum absolute atomic E-state index is 10.2. The van der Waals surface area contributed by atoms with E-state index in [1.165, 1.54) is 0 Å². The van der Waals surface area contributed by atoms with Gasteiger partial charge in [-0.15, -0.1) is 0 Å². The molecule has 142 valence electrons. The molecular formula is C23H22ClN3O. The zero-order valence-electron chi connectivity index (χ0n) is 15.4. The van der Waals surface area contributed by atoms with Crippen LogP contribution in [0, 0.1) is 11.3 Å². The summed E-state index contributed by atoms with van der Waals surface area (Å²) in [5.74, 6) is 0. The van der Waals surface area contributed by atoms with Crippen LogP contribution in [0.25, 0.3) is 11.1 Å². The summed E-state index contributed by atoms with van der Waals surface area (Å²) in [4.78, 5) is 0. The van der Waals surface area contributed by atoms with E-state index in [9.17, 15) is 5.11 Å². The number of nitriles is 1. The third-order valence-electron chi connectivity index (χ3n) is 4.39. The van der Waals surface area contributed by atoms with Crippen LogP contribution in [0.3, 0.4) is 0 Å². The van der Waals surface area contributed by atoms with Crippen LogP contribution in [-0.2, 0) is 0 Å². The lowest BCUT2D eigenvalue weighted by atomic mass is 10.0. The van der Waals surface area contributed by atoms with E-state index in [-0.39, 0.29) is 0 Å². The van der Waals surface area contributed by atoms with Crippen LogP contribution >= 0.6 is 11.6 Å². The van der Waals surface area contributed by atoms with Crippen molar-refractivity contribution in [1.29, 1.82) is 5.26 Å². The summed E-state index contributed by atoms with van der Waals surface area (Å²) in [6, 6.07) is 25.1. The van der Waals surface area contributed by atoms with Crippen molar-refractivity contribution in [3.8, 4) is 17.2 Å². The van der Waals surface area contributed by atoms with Gasteiger partial charge in [0, 0.05) is 30.3 Å². The molecule has 0 aromatic heterocycles. The van der Waals surface area contributed by atoms with Gasteiger partial charge in [-0.1, -0.05) is 48.0 Å². The highest BCUT2D eigenvalue weighted by Gasteiger charge is 2.07. The van der Waals surface area contributed by atoms with Gasteiger partial charge in [0.25, 0.3) is 0 Å². The fourth-order valence-electron chi connectivity index (χ4n) is 2.94. The highest BCUT2D eigenvalue weighted by Crippen LogP contribution is 2.23. The van der Waals surface area contributed by atoms with Gasteiger partial charge in [-0.25, -0.2) is 0 Å². The van der Waals surface area contributed by atoms with Crippen LogP contribution in [0.2, 0.25) is 5.02 Å². The van der Waals surface area contributed by atoms with E-state index in [0.29, 0.717) is 23.7 Å². The fourth-order valence-corrected chi connectivity index (χ4v) is 3.14. The molecular weight excluding hydrogens is 370 g/mol. The normalized spacial score (nSPS) is 11.6. The predicted molar refractivity (Wildman–Crippen MR) is 114 cm³/mol. The second kappa shape index (κ2) is 9.91. The molecule has 0 radical (unpaired) electrons. The Kier molecular flexibility index (Phi) is 7.05. The maximum Gasteiger partial charge on any atom is 0.0991 e. The van der Waals surface area contributed by atoms with Gasteiger partial charge in [0.05, 0.1) is 17.7 Å². The predicted octanol–water partition coefficient (Wildman–Crippen LogP) is 4.61. The van der Waals surface area contributed by atoms with Crippen molar-refractivity contribution in [1.82, 2.24) is 5.32 Å². The van der Waals surface area contributed by atoms with Gasteiger partial charge in [-0.05, 0) is 53.1 Å². The Morgan fingerprint density at radius 2 is 1.68 bits per heavy atom. The Morgan fingerprint density at radius 3 is 2.46 bits per heavy atom. The molecule has 0 unspecified atom stereocenters. The van der Waals surface area contributed by atoms with Crippen molar-refractivity contribution in [3.05, 3.63) is 88.9 Å². The number of hydrogen-bond acceptors (Lipinski definition) is 4. The number of nitrogens with one attached hydrogen (secondary N) is 2. The monoisotopic (exact) mass is 391 g/mol. The highest BCUT2D eigenvalue weighted by atomic mass is 35.5. The summed E-state index contributed by atoms with van der Waals surface area (Å²) in [6.07, 6.45) is -0.588. The van der Waals surface area contributed by atoms with E-state index in [1.807, 2.05) is 48.5 Å². The Bertz CT molecular complexity index is 968. The number of anilines is 1. The molecule has 0 aliphatic heterocycles. The fraction of sp³-hybridized carbons (Fsp3) is 0.174. The number of aliphatic hydroxyl groups is 1. The molecule has 0 bridgehead atoms. The second-order valence-corrected chi connectivity index (χ2v) is 6.91. The van der Waals surface area contributed by atoms with Gasteiger partial charge < -0.3 is 15.7 Å². The summed E-state index contributed by atoms with van der Waals surface area (Å²) in [5.41, 5.74) is 4.55. The third kappa shape index (κ3) is 5.58. The van der Waals surface area contributed by atoms with Crippen molar-refractivity contribution in [2.45, 2.75) is 6.10 Å². The molecule has 0 spiro atoms. The molecule has 0 aliphatic carbocycles. The minimum Gasteiger partial charge on any atom is -0.387 e. The molecule has 3 rings (SSSR count). The minimum absolute atomic E-state index is 0.461. The molecule has 0 fully saturated rings. The molecule has 0 heterocycles. The van der Waals surface area contributed by atoms with Gasteiger partial charge >= 0.3 is 0 Å². The van der Waals surface area contributed by atoms with Gasteiger partial charge in [0.15, 0.2) is 0 Å². The average Bonchev–Trinajstić information content (AvgIpc) is 2.73. The Labute approximate surface area is 170 Å². The third-order valence-corrected chi connectivity index (χ3v) is 4.62. The van der Waals surface area contributed by atoms with Gasteiger partial charge in [0.1, 0.15) is 0 Å². The Balaban J connectivity index is 1.48. The van der Waals surface area contributed by atoms with Crippen LogP contribution in [0.5, 0.6) is 0 Å². The Hall–Kier alpha value is -2.84. The summed E-state index contributed by atoms with van der Waals surface area (Å²) in [5, 5.41) is 26.5. The lowest BCUT2D eigenvalue weighted by Gasteiger charge is -2.13. The second-order valence-electron chi connectivity index (χ2n) is 6.48. The van der Waals surface area contributed by atoms with Crippen molar-refractivity contribution >= 4 is 17.3 Å². The number of benzene rings is 3. The number of hydrogen-bond donors (Lipinski definition) is 3. The van der Waals surface area contributed by atoms with Crippen molar-refractivity contribution in [3.63, 3.8) is 0 Å². The zero-order valence-corrected chi connectivity index (χ0v) is 16.2. The van der Waals surface area contributed by atoms with E-state index in [1.54, 1.807) is 18.2 Å². The highest BCUT2D eigenvalue weighted by molar-refractivity contribution is 6.30. The molecule has 0 aliphatic rings. The van der Waals surface area contributed by atoms with Crippen molar-refractivity contribution < 1.29 is 5.11 Å². The first-order valence-electron chi connectivity index (χ1n) is 9.14. The first-order chi connectivity index (χ1) is 13.7. The number of halogens is 1.